The molecule has 116 valence electrons. The van der Waals surface area contributed by atoms with Gasteiger partial charge in [-0.3, -0.25) is 4.79 Å². The van der Waals surface area contributed by atoms with Gasteiger partial charge in [-0.25, -0.2) is 9.18 Å². The number of carbonyl (C=O) groups is 2. The van der Waals surface area contributed by atoms with Crippen LogP contribution in [0.3, 0.4) is 0 Å². The minimum atomic E-state index is -4.94. The van der Waals surface area contributed by atoms with E-state index in [0.717, 1.165) is 11.0 Å². The second-order valence-electron chi connectivity index (χ2n) is 4.32. The molecule has 0 saturated heterocycles. The van der Waals surface area contributed by atoms with Crippen molar-refractivity contribution in [2.45, 2.75) is 25.6 Å². The Morgan fingerprint density at radius 1 is 1.43 bits per heavy atom. The van der Waals surface area contributed by atoms with Crippen molar-refractivity contribution in [2.24, 2.45) is 0 Å². The fourth-order valence-electron chi connectivity index (χ4n) is 1.91. The Morgan fingerprint density at radius 2 is 2.05 bits per heavy atom. The molecule has 21 heavy (non-hydrogen) atoms. The lowest BCUT2D eigenvalue weighted by molar-refractivity contribution is -0.147. The Balaban J connectivity index is 3.33. The lowest BCUT2D eigenvalue weighted by atomic mass is 10.0. The summed E-state index contributed by atoms with van der Waals surface area (Å²) in [6.45, 7) is 1.74. The van der Waals surface area contributed by atoms with Crippen LogP contribution in [0.5, 0.6) is 0 Å². The third-order valence-corrected chi connectivity index (χ3v) is 2.79. The molecule has 0 aliphatic rings. The van der Waals surface area contributed by atoms with E-state index in [1.165, 1.54) is 0 Å². The summed E-state index contributed by atoms with van der Waals surface area (Å²) in [5, 5.41) is 9.14. The lowest BCUT2D eigenvalue weighted by Crippen LogP contribution is -2.34. The summed E-state index contributed by atoms with van der Waals surface area (Å²) in [7, 11) is 0. The average Bonchev–Trinajstić information content (AvgIpc) is 2.38. The average molecular weight is 307 g/mol. The van der Waals surface area contributed by atoms with Gasteiger partial charge >= 0.3 is 12.1 Å². The molecule has 0 radical (unpaired) electrons. The number of hydrogen-bond acceptors (Lipinski definition) is 2. The topological polar surface area (TPSA) is 57.6 Å². The van der Waals surface area contributed by atoms with Gasteiger partial charge in [0.1, 0.15) is 5.82 Å². The summed E-state index contributed by atoms with van der Waals surface area (Å²) >= 11 is 0. The normalized spacial score (nSPS) is 12.8. The first-order chi connectivity index (χ1) is 9.72. The molecule has 4 nitrogen and oxygen atoms in total. The number of halogens is 4. The Morgan fingerprint density at radius 3 is 2.48 bits per heavy atom. The van der Waals surface area contributed by atoms with Crippen LogP contribution in [0.2, 0.25) is 0 Å². The molecule has 0 spiro atoms. The van der Waals surface area contributed by atoms with Crippen molar-refractivity contribution in [2.75, 3.05) is 6.54 Å². The van der Waals surface area contributed by atoms with Crippen LogP contribution in [0.15, 0.2) is 18.2 Å². The highest BCUT2D eigenvalue weighted by molar-refractivity contribution is 5.78. The van der Waals surface area contributed by atoms with Crippen molar-refractivity contribution in [1.29, 1.82) is 0 Å². The van der Waals surface area contributed by atoms with Gasteiger partial charge in [0.2, 0.25) is 6.41 Å². The maximum atomic E-state index is 13.2. The van der Waals surface area contributed by atoms with E-state index in [2.05, 4.69) is 0 Å². The molecular weight excluding hydrogens is 294 g/mol. The van der Waals surface area contributed by atoms with Crippen molar-refractivity contribution in [3.8, 4) is 0 Å². The number of carbonyl (C=O) groups excluding carboxylic acids is 1. The summed E-state index contributed by atoms with van der Waals surface area (Å²) < 4.78 is 51.2. The number of nitrogens with zero attached hydrogens (tertiary/aromatic N) is 1. The summed E-state index contributed by atoms with van der Waals surface area (Å²) in [4.78, 5) is 23.0. The minimum absolute atomic E-state index is 0.0548. The monoisotopic (exact) mass is 307 g/mol. The van der Waals surface area contributed by atoms with Crippen LogP contribution >= 0.6 is 0 Å². The minimum Gasteiger partial charge on any atom is -0.479 e. The lowest BCUT2D eigenvalue weighted by Gasteiger charge is -2.25. The Hall–Kier alpha value is -2.12. The first kappa shape index (κ1) is 16.9. The highest BCUT2D eigenvalue weighted by Crippen LogP contribution is 2.34. The third kappa shape index (κ3) is 3.93. The van der Waals surface area contributed by atoms with Gasteiger partial charge < -0.3 is 10.0 Å². The van der Waals surface area contributed by atoms with Crippen LogP contribution in [-0.2, 0) is 15.8 Å². The van der Waals surface area contributed by atoms with Crippen molar-refractivity contribution in [1.82, 2.24) is 4.90 Å². The highest BCUT2D eigenvalue weighted by Gasteiger charge is 2.36. The van der Waals surface area contributed by atoms with E-state index in [9.17, 15) is 27.2 Å². The van der Waals surface area contributed by atoms with Gasteiger partial charge in [0.25, 0.3) is 0 Å². The summed E-state index contributed by atoms with van der Waals surface area (Å²) in [6, 6.07) is 0.294. The molecule has 1 N–H and O–H groups in total. The first-order valence-corrected chi connectivity index (χ1v) is 6.02. The molecule has 0 saturated carbocycles. The molecule has 8 heteroatoms. The summed E-state index contributed by atoms with van der Waals surface area (Å²) in [5.74, 6) is -2.99. The summed E-state index contributed by atoms with van der Waals surface area (Å²) in [6.07, 6.45) is -4.27. The fraction of sp³-hybridized carbons (Fsp3) is 0.385. The maximum Gasteiger partial charge on any atom is 0.419 e. The van der Waals surface area contributed by atoms with Crippen LogP contribution in [-0.4, -0.2) is 28.9 Å². The number of rotatable bonds is 6. The molecule has 1 rings (SSSR count). The van der Waals surface area contributed by atoms with E-state index in [0.29, 0.717) is 18.6 Å². The van der Waals surface area contributed by atoms with Gasteiger partial charge in [-0.05, 0) is 24.1 Å². The van der Waals surface area contributed by atoms with E-state index in [-0.39, 0.29) is 18.5 Å². The number of carboxylic acids is 1. The maximum absolute atomic E-state index is 13.2. The first-order valence-electron chi connectivity index (χ1n) is 6.02. The molecule has 0 aliphatic carbocycles. The Labute approximate surface area is 118 Å². The van der Waals surface area contributed by atoms with Crippen molar-refractivity contribution in [3.05, 3.63) is 35.1 Å². The molecule has 0 aliphatic heterocycles. The van der Waals surface area contributed by atoms with Crippen molar-refractivity contribution < 1.29 is 32.3 Å². The number of benzene rings is 1. The molecule has 0 heterocycles. The summed E-state index contributed by atoms with van der Waals surface area (Å²) in [5.41, 5.74) is -1.87. The van der Waals surface area contributed by atoms with Crippen LogP contribution in [0, 0.1) is 5.82 Å². The second kappa shape index (κ2) is 6.55. The smallest absolute Gasteiger partial charge is 0.419 e. The molecule has 0 bridgehead atoms. The molecule has 1 unspecified atom stereocenters. The Bertz CT molecular complexity index is 531. The number of carboxylic acid groups (broad SMARTS) is 1. The van der Waals surface area contributed by atoms with Gasteiger partial charge in [0, 0.05) is 6.54 Å². The zero-order valence-corrected chi connectivity index (χ0v) is 11.0. The van der Waals surface area contributed by atoms with Crippen LogP contribution in [0.4, 0.5) is 17.6 Å². The van der Waals surface area contributed by atoms with Gasteiger partial charge in [-0.2, -0.15) is 13.2 Å². The van der Waals surface area contributed by atoms with Gasteiger partial charge in [-0.15, -0.1) is 0 Å². The number of aliphatic carboxylic acids is 1. The van der Waals surface area contributed by atoms with Gasteiger partial charge in [0.05, 0.1) is 5.56 Å². The SMILES string of the molecule is CCCN(C=O)C(C(=O)O)c1ccc(F)c(C(F)(F)F)c1. The number of alkyl halides is 3. The van der Waals surface area contributed by atoms with Crippen LogP contribution in [0.1, 0.15) is 30.5 Å². The molecule has 1 atom stereocenters. The highest BCUT2D eigenvalue weighted by atomic mass is 19.4. The van der Waals surface area contributed by atoms with Crippen molar-refractivity contribution in [3.63, 3.8) is 0 Å². The molecule has 1 aromatic rings. The van der Waals surface area contributed by atoms with Crippen molar-refractivity contribution >= 4 is 12.4 Å². The molecular formula is C13H13F4NO3. The molecule has 0 aromatic heterocycles. The molecule has 0 fully saturated rings. The van der Waals surface area contributed by atoms with E-state index in [1.54, 1.807) is 6.92 Å². The molecule has 1 aromatic carbocycles. The predicted molar refractivity (Wildman–Crippen MR) is 64.8 cm³/mol. The third-order valence-electron chi connectivity index (χ3n) is 2.79. The zero-order valence-electron chi connectivity index (χ0n) is 11.0. The van der Waals surface area contributed by atoms with E-state index >= 15 is 0 Å². The zero-order chi connectivity index (χ0) is 16.2. The predicted octanol–water partition coefficient (Wildman–Crippen LogP) is 2.84. The number of hydrogen-bond donors (Lipinski definition) is 1. The number of amides is 1. The van der Waals surface area contributed by atoms with Gasteiger partial charge in [-0.1, -0.05) is 13.0 Å². The van der Waals surface area contributed by atoms with E-state index in [4.69, 9.17) is 5.11 Å². The largest absolute Gasteiger partial charge is 0.479 e. The fourth-order valence-corrected chi connectivity index (χ4v) is 1.91. The van der Waals surface area contributed by atoms with E-state index in [1.807, 2.05) is 0 Å². The quantitative estimate of drug-likeness (QED) is 0.649. The molecule has 1 amide bonds. The second-order valence-corrected chi connectivity index (χ2v) is 4.32. The van der Waals surface area contributed by atoms with Crippen LogP contribution < -0.4 is 0 Å². The standard InChI is InChI=1S/C13H13F4NO3/c1-2-5-18(7-19)11(12(20)21)8-3-4-10(14)9(6-8)13(15,16)17/h3-4,6-7,11H,2,5H2,1H3,(H,20,21). The van der Waals surface area contributed by atoms with E-state index < -0.39 is 29.6 Å². The van der Waals surface area contributed by atoms with Crippen LogP contribution in [0.25, 0.3) is 0 Å². The Kier molecular flexibility index (Phi) is 5.28. The van der Waals surface area contributed by atoms with Gasteiger partial charge in [0.15, 0.2) is 6.04 Å².